The summed E-state index contributed by atoms with van der Waals surface area (Å²) in [4.78, 5) is 7.53. The van der Waals surface area contributed by atoms with Crippen molar-refractivity contribution in [3.05, 3.63) is 48.0 Å². The molecular weight excluding hydrogens is 292 g/mol. The third kappa shape index (κ3) is 2.58. The Balaban J connectivity index is 2.08. The van der Waals surface area contributed by atoms with Crippen LogP contribution < -0.4 is 11.5 Å². The Bertz CT molecular complexity index is 726. The molecular formula is C17H20N4S. The molecule has 5 heteroatoms. The highest BCUT2D eigenvalue weighted by atomic mass is 32.2. The smallest absolute Gasteiger partial charge is 0.197 e. The van der Waals surface area contributed by atoms with Crippen molar-refractivity contribution in [1.29, 1.82) is 0 Å². The number of nitrogens with zero attached hydrogens (tertiary/aromatic N) is 2. The van der Waals surface area contributed by atoms with Crippen molar-refractivity contribution in [2.75, 3.05) is 12.8 Å². The van der Waals surface area contributed by atoms with Gasteiger partial charge in [-0.1, -0.05) is 37.3 Å². The molecule has 0 saturated heterocycles. The van der Waals surface area contributed by atoms with Crippen LogP contribution in [-0.2, 0) is 0 Å². The lowest BCUT2D eigenvalue weighted by molar-refractivity contribution is 0.375. The lowest BCUT2D eigenvalue weighted by Crippen LogP contribution is -2.42. The van der Waals surface area contributed by atoms with Crippen molar-refractivity contribution in [3.8, 4) is 11.1 Å². The van der Waals surface area contributed by atoms with Crippen LogP contribution in [0.1, 0.15) is 18.7 Å². The summed E-state index contributed by atoms with van der Waals surface area (Å²) in [6.07, 6.45) is -0.248. The van der Waals surface area contributed by atoms with Crippen LogP contribution in [0.15, 0.2) is 52.4 Å². The van der Waals surface area contributed by atoms with Gasteiger partial charge in [-0.3, -0.25) is 0 Å². The van der Waals surface area contributed by atoms with Crippen LogP contribution in [0.3, 0.4) is 0 Å². The van der Waals surface area contributed by atoms with Gasteiger partial charge in [-0.2, -0.15) is 0 Å². The summed E-state index contributed by atoms with van der Waals surface area (Å²) in [7, 11) is 1.85. The van der Waals surface area contributed by atoms with Gasteiger partial charge in [0.1, 0.15) is 6.17 Å². The lowest BCUT2D eigenvalue weighted by Gasteiger charge is -2.31. The molecule has 1 unspecified atom stereocenters. The number of rotatable bonds is 3. The zero-order valence-corrected chi connectivity index (χ0v) is 13.6. The summed E-state index contributed by atoms with van der Waals surface area (Å²) >= 11 is 1.84. The molecule has 3 rings (SSSR count). The maximum absolute atomic E-state index is 6.21. The van der Waals surface area contributed by atoms with Gasteiger partial charge in [0.15, 0.2) is 5.96 Å². The zero-order valence-electron chi connectivity index (χ0n) is 12.8. The van der Waals surface area contributed by atoms with Crippen LogP contribution in [-0.4, -0.2) is 23.7 Å². The second kappa shape index (κ2) is 6.02. The fourth-order valence-electron chi connectivity index (χ4n) is 2.60. The Morgan fingerprint density at radius 3 is 2.77 bits per heavy atom. The highest BCUT2D eigenvalue weighted by molar-refractivity contribution is 7.99. The highest BCUT2D eigenvalue weighted by Gasteiger charge is 2.23. The predicted molar refractivity (Wildman–Crippen MR) is 94.2 cm³/mol. The number of hydrogen-bond acceptors (Lipinski definition) is 5. The van der Waals surface area contributed by atoms with Crippen molar-refractivity contribution >= 4 is 23.4 Å². The summed E-state index contributed by atoms with van der Waals surface area (Å²) in [6, 6.07) is 14.7. The molecule has 4 nitrogen and oxygen atoms in total. The molecule has 1 aliphatic heterocycles. The van der Waals surface area contributed by atoms with E-state index in [1.165, 1.54) is 10.5 Å². The van der Waals surface area contributed by atoms with E-state index in [1.54, 1.807) is 4.90 Å². The molecule has 0 spiro atoms. The Hall–Kier alpha value is -1.98. The third-order valence-electron chi connectivity index (χ3n) is 3.86. The predicted octanol–water partition coefficient (Wildman–Crippen LogP) is 3.31. The Morgan fingerprint density at radius 2 is 2.00 bits per heavy atom. The van der Waals surface area contributed by atoms with Crippen LogP contribution >= 0.6 is 11.8 Å². The molecule has 0 aromatic heterocycles. The normalized spacial score (nSPS) is 17.1. The van der Waals surface area contributed by atoms with Gasteiger partial charge in [0.25, 0.3) is 0 Å². The molecule has 0 amide bonds. The molecule has 0 fully saturated rings. The molecule has 1 atom stereocenters. The van der Waals surface area contributed by atoms with E-state index in [0.717, 1.165) is 22.6 Å². The molecule has 0 radical (unpaired) electrons. The van der Waals surface area contributed by atoms with E-state index in [4.69, 9.17) is 11.5 Å². The van der Waals surface area contributed by atoms with Gasteiger partial charge in [0.2, 0.25) is 0 Å². The number of benzene rings is 2. The first-order valence-corrected chi connectivity index (χ1v) is 8.29. The SMILES string of the molecule is CCSc1ccccc1-c1ccc2c(c1)N=C(N)N(C)C2N. The van der Waals surface area contributed by atoms with E-state index in [0.29, 0.717) is 5.96 Å². The zero-order chi connectivity index (χ0) is 15.7. The maximum Gasteiger partial charge on any atom is 0.197 e. The van der Waals surface area contributed by atoms with E-state index in [-0.39, 0.29) is 6.17 Å². The average molecular weight is 312 g/mol. The fraction of sp³-hybridized carbons (Fsp3) is 0.235. The fourth-order valence-corrected chi connectivity index (χ4v) is 3.43. The number of nitrogens with two attached hydrogens (primary N) is 2. The van der Waals surface area contributed by atoms with Gasteiger partial charge >= 0.3 is 0 Å². The minimum absolute atomic E-state index is 0.248. The second-order valence-corrected chi connectivity index (χ2v) is 6.53. The van der Waals surface area contributed by atoms with Crippen molar-refractivity contribution in [1.82, 2.24) is 4.90 Å². The van der Waals surface area contributed by atoms with Gasteiger partial charge in [-0.05, 0) is 29.0 Å². The van der Waals surface area contributed by atoms with Crippen LogP contribution in [0.25, 0.3) is 11.1 Å². The number of thioether (sulfide) groups is 1. The van der Waals surface area contributed by atoms with Gasteiger partial charge < -0.3 is 16.4 Å². The molecule has 2 aromatic carbocycles. The van der Waals surface area contributed by atoms with E-state index in [1.807, 2.05) is 18.8 Å². The summed E-state index contributed by atoms with van der Waals surface area (Å²) in [5.74, 6) is 1.50. The maximum atomic E-state index is 6.21. The van der Waals surface area contributed by atoms with E-state index < -0.39 is 0 Å². The number of guanidine groups is 1. The minimum Gasteiger partial charge on any atom is -0.369 e. The molecule has 2 aromatic rings. The third-order valence-corrected chi connectivity index (χ3v) is 4.82. The van der Waals surface area contributed by atoms with Crippen molar-refractivity contribution < 1.29 is 0 Å². The van der Waals surface area contributed by atoms with Crippen LogP contribution in [0.4, 0.5) is 5.69 Å². The van der Waals surface area contributed by atoms with Gasteiger partial charge in [-0.15, -0.1) is 11.8 Å². The molecule has 4 N–H and O–H groups in total. The van der Waals surface area contributed by atoms with E-state index >= 15 is 0 Å². The first-order valence-electron chi connectivity index (χ1n) is 7.30. The van der Waals surface area contributed by atoms with Gasteiger partial charge in [0, 0.05) is 17.5 Å². The standard InChI is InChI=1S/C17H20N4S/c1-3-22-15-7-5-4-6-12(15)11-8-9-13-14(10-11)20-17(19)21(2)16(13)18/h4-10,16H,3,18H2,1-2H3,(H2,19,20). The van der Waals surface area contributed by atoms with Crippen molar-refractivity contribution in [2.45, 2.75) is 18.0 Å². The Morgan fingerprint density at radius 1 is 1.23 bits per heavy atom. The lowest BCUT2D eigenvalue weighted by atomic mass is 10.00. The molecule has 1 heterocycles. The topological polar surface area (TPSA) is 67.6 Å². The Kier molecular flexibility index (Phi) is 4.09. The van der Waals surface area contributed by atoms with Crippen molar-refractivity contribution in [3.63, 3.8) is 0 Å². The van der Waals surface area contributed by atoms with E-state index in [2.05, 4.69) is 54.4 Å². The summed E-state index contributed by atoms with van der Waals surface area (Å²) in [5.41, 5.74) is 16.4. The largest absolute Gasteiger partial charge is 0.369 e. The Labute approximate surface area is 135 Å². The number of fused-ring (bicyclic) bond motifs is 1. The highest BCUT2D eigenvalue weighted by Crippen LogP contribution is 2.37. The van der Waals surface area contributed by atoms with E-state index in [9.17, 15) is 0 Å². The number of aliphatic imine (C=N–C) groups is 1. The van der Waals surface area contributed by atoms with Crippen LogP contribution in [0.5, 0.6) is 0 Å². The molecule has 1 aliphatic rings. The summed E-state index contributed by atoms with van der Waals surface area (Å²) in [5, 5.41) is 0. The molecule has 0 bridgehead atoms. The monoisotopic (exact) mass is 312 g/mol. The van der Waals surface area contributed by atoms with Gasteiger partial charge in [-0.25, -0.2) is 4.99 Å². The average Bonchev–Trinajstić information content (AvgIpc) is 2.53. The first kappa shape index (κ1) is 14.9. The molecule has 22 heavy (non-hydrogen) atoms. The molecule has 114 valence electrons. The second-order valence-electron chi connectivity index (χ2n) is 5.23. The summed E-state index contributed by atoms with van der Waals surface area (Å²) < 4.78 is 0. The minimum atomic E-state index is -0.248. The van der Waals surface area contributed by atoms with Crippen LogP contribution in [0.2, 0.25) is 0 Å². The molecule has 0 saturated carbocycles. The molecule has 0 aliphatic carbocycles. The first-order chi connectivity index (χ1) is 10.6. The van der Waals surface area contributed by atoms with Crippen LogP contribution in [0, 0.1) is 0 Å². The van der Waals surface area contributed by atoms with Crippen molar-refractivity contribution in [2.24, 2.45) is 16.5 Å². The number of hydrogen-bond donors (Lipinski definition) is 2. The van der Waals surface area contributed by atoms with Gasteiger partial charge in [0.05, 0.1) is 5.69 Å². The summed E-state index contributed by atoms with van der Waals surface area (Å²) in [6.45, 7) is 2.16. The quantitative estimate of drug-likeness (QED) is 0.853.